The van der Waals surface area contributed by atoms with E-state index in [1.165, 1.54) is 263 Å². The SMILES string of the molecule is CC/C=C\C/C=C\C/C=C\C/C=C\CCCCCCCCCCCCCCCCCCC(=O)OC(CO)COC(=O)CCCCCCCCCCCCCCCCCCCCCCCCCCCCCCC. The summed E-state index contributed by atoms with van der Waals surface area (Å²) in [5.41, 5.74) is 0. The van der Waals surface area contributed by atoms with E-state index in [0.29, 0.717) is 12.8 Å². The average molecular weight is 1010 g/mol. The zero-order valence-corrected chi connectivity index (χ0v) is 48.5. The molecule has 0 spiro atoms. The van der Waals surface area contributed by atoms with Crippen LogP contribution < -0.4 is 0 Å². The van der Waals surface area contributed by atoms with Crippen LogP contribution in [0, 0.1) is 0 Å². The van der Waals surface area contributed by atoms with Gasteiger partial charge in [-0.3, -0.25) is 9.59 Å². The molecule has 0 aliphatic carbocycles. The van der Waals surface area contributed by atoms with E-state index in [1.807, 2.05) is 0 Å². The first-order chi connectivity index (χ1) is 35.6. The number of aliphatic hydroxyl groups excluding tert-OH is 1. The summed E-state index contributed by atoms with van der Waals surface area (Å²) in [6.07, 6.45) is 84.1. The minimum atomic E-state index is -0.771. The van der Waals surface area contributed by atoms with E-state index in [-0.39, 0.29) is 25.2 Å². The zero-order chi connectivity index (χ0) is 52.0. The molecule has 0 aliphatic rings. The van der Waals surface area contributed by atoms with Crippen molar-refractivity contribution in [3.05, 3.63) is 48.6 Å². The molecule has 0 fully saturated rings. The van der Waals surface area contributed by atoms with Crippen LogP contribution in [0.25, 0.3) is 0 Å². The van der Waals surface area contributed by atoms with E-state index in [9.17, 15) is 14.7 Å². The molecule has 1 unspecified atom stereocenters. The third-order valence-electron chi connectivity index (χ3n) is 14.6. The van der Waals surface area contributed by atoms with Gasteiger partial charge in [-0.25, -0.2) is 0 Å². The van der Waals surface area contributed by atoms with Crippen molar-refractivity contribution in [2.24, 2.45) is 0 Å². The Morgan fingerprint density at radius 3 is 0.903 bits per heavy atom. The molecule has 5 heteroatoms. The first-order valence-corrected chi connectivity index (χ1v) is 32.2. The van der Waals surface area contributed by atoms with Gasteiger partial charge in [-0.2, -0.15) is 0 Å². The zero-order valence-electron chi connectivity index (χ0n) is 48.5. The number of carbonyl (C=O) groups is 2. The Morgan fingerprint density at radius 1 is 0.333 bits per heavy atom. The second-order valence-electron chi connectivity index (χ2n) is 21.8. The van der Waals surface area contributed by atoms with Crippen molar-refractivity contribution in [3.8, 4) is 0 Å². The van der Waals surface area contributed by atoms with Crippen molar-refractivity contribution in [2.75, 3.05) is 13.2 Å². The maximum atomic E-state index is 12.3. The monoisotopic (exact) mass is 1010 g/mol. The fourth-order valence-electron chi connectivity index (χ4n) is 9.85. The van der Waals surface area contributed by atoms with Crippen LogP contribution in [-0.4, -0.2) is 36.4 Å². The molecule has 0 amide bonds. The molecular formula is C67H124O5. The molecule has 422 valence electrons. The maximum absolute atomic E-state index is 12.3. The van der Waals surface area contributed by atoms with Crippen molar-refractivity contribution in [3.63, 3.8) is 0 Å². The van der Waals surface area contributed by atoms with Gasteiger partial charge in [0.25, 0.3) is 0 Å². The topological polar surface area (TPSA) is 72.8 Å². The van der Waals surface area contributed by atoms with Gasteiger partial charge in [-0.05, 0) is 51.4 Å². The van der Waals surface area contributed by atoms with E-state index in [1.54, 1.807) is 0 Å². The number of aliphatic hydroxyl groups is 1. The van der Waals surface area contributed by atoms with Crippen LogP contribution in [0.15, 0.2) is 48.6 Å². The molecule has 1 N–H and O–H groups in total. The number of esters is 2. The quantitative estimate of drug-likeness (QED) is 0.0373. The maximum Gasteiger partial charge on any atom is 0.306 e. The molecule has 72 heavy (non-hydrogen) atoms. The summed E-state index contributed by atoms with van der Waals surface area (Å²) in [7, 11) is 0. The van der Waals surface area contributed by atoms with Gasteiger partial charge in [0, 0.05) is 12.8 Å². The van der Waals surface area contributed by atoms with Gasteiger partial charge in [-0.15, -0.1) is 0 Å². The van der Waals surface area contributed by atoms with Crippen LogP contribution in [-0.2, 0) is 19.1 Å². The first-order valence-electron chi connectivity index (χ1n) is 32.2. The number of allylic oxidation sites excluding steroid dienone is 8. The van der Waals surface area contributed by atoms with Gasteiger partial charge >= 0.3 is 11.9 Å². The van der Waals surface area contributed by atoms with Gasteiger partial charge < -0.3 is 14.6 Å². The van der Waals surface area contributed by atoms with Crippen LogP contribution in [0.1, 0.15) is 348 Å². The highest BCUT2D eigenvalue weighted by Crippen LogP contribution is 2.18. The predicted octanol–water partition coefficient (Wildman–Crippen LogP) is 22.0. The fourth-order valence-corrected chi connectivity index (χ4v) is 9.85. The summed E-state index contributed by atoms with van der Waals surface area (Å²) in [4.78, 5) is 24.6. The van der Waals surface area contributed by atoms with Crippen LogP contribution in [0.5, 0.6) is 0 Å². The Morgan fingerprint density at radius 2 is 0.597 bits per heavy atom. The van der Waals surface area contributed by atoms with Crippen LogP contribution >= 0.6 is 0 Å². The Kier molecular flexibility index (Phi) is 61.3. The highest BCUT2D eigenvalue weighted by molar-refractivity contribution is 5.70. The van der Waals surface area contributed by atoms with Gasteiger partial charge in [0.2, 0.25) is 0 Å². The molecule has 0 bridgehead atoms. The van der Waals surface area contributed by atoms with E-state index >= 15 is 0 Å². The Labute approximate surface area is 449 Å². The van der Waals surface area contributed by atoms with E-state index in [2.05, 4.69) is 62.5 Å². The van der Waals surface area contributed by atoms with Gasteiger partial charge in [0.05, 0.1) is 6.61 Å². The van der Waals surface area contributed by atoms with Gasteiger partial charge in [0.15, 0.2) is 6.10 Å². The molecule has 0 saturated heterocycles. The van der Waals surface area contributed by atoms with Crippen molar-refractivity contribution in [1.29, 1.82) is 0 Å². The second kappa shape index (κ2) is 63.2. The van der Waals surface area contributed by atoms with Crippen molar-refractivity contribution >= 4 is 11.9 Å². The summed E-state index contributed by atoms with van der Waals surface area (Å²) < 4.78 is 10.7. The lowest BCUT2D eigenvalue weighted by atomic mass is 10.0. The number of hydrogen-bond acceptors (Lipinski definition) is 5. The lowest BCUT2D eigenvalue weighted by molar-refractivity contribution is -0.161. The average Bonchev–Trinajstić information content (AvgIpc) is 3.38. The molecule has 0 aromatic heterocycles. The molecular weight excluding hydrogens is 885 g/mol. The molecule has 0 radical (unpaired) electrons. The predicted molar refractivity (Wildman–Crippen MR) is 316 cm³/mol. The Balaban J connectivity index is 3.41. The lowest BCUT2D eigenvalue weighted by Crippen LogP contribution is -2.28. The molecule has 0 heterocycles. The number of carbonyl (C=O) groups excluding carboxylic acids is 2. The number of unbranched alkanes of at least 4 members (excludes halogenated alkanes) is 44. The number of rotatable bonds is 60. The largest absolute Gasteiger partial charge is 0.462 e. The molecule has 5 nitrogen and oxygen atoms in total. The minimum absolute atomic E-state index is 0.0607. The van der Waals surface area contributed by atoms with E-state index in [4.69, 9.17) is 9.47 Å². The smallest absolute Gasteiger partial charge is 0.306 e. The third-order valence-corrected chi connectivity index (χ3v) is 14.6. The van der Waals surface area contributed by atoms with Gasteiger partial charge in [-0.1, -0.05) is 332 Å². The third kappa shape index (κ3) is 60.4. The van der Waals surface area contributed by atoms with Gasteiger partial charge in [0.1, 0.15) is 6.61 Å². The standard InChI is InChI=1S/C67H124O5/c1-3-5-7-9-11-13-15-17-19-21-23-25-27-29-31-33-35-37-39-41-43-45-47-49-51-53-55-57-59-61-66(69)71-64-65(63-68)72-67(70)62-60-58-56-54-52-50-48-46-44-42-40-38-36-34-32-30-28-26-24-22-20-18-16-14-12-10-8-6-4-2/h6,8,12,14,18,20,24,26,65,68H,3-5,7,9-11,13,15-17,19,21-23,25,27-64H2,1-2H3/b8-6-,14-12-,20-18-,26-24-. The summed E-state index contributed by atoms with van der Waals surface area (Å²) in [5, 5.41) is 9.68. The van der Waals surface area contributed by atoms with Crippen molar-refractivity contribution in [2.45, 2.75) is 354 Å². The van der Waals surface area contributed by atoms with E-state index in [0.717, 1.165) is 57.8 Å². The normalized spacial score (nSPS) is 12.4. The first kappa shape index (κ1) is 69.9. The van der Waals surface area contributed by atoms with Crippen LogP contribution in [0.2, 0.25) is 0 Å². The molecule has 0 aliphatic heterocycles. The summed E-state index contributed by atoms with van der Waals surface area (Å²) in [6, 6.07) is 0. The number of ether oxygens (including phenoxy) is 2. The molecule has 0 aromatic carbocycles. The van der Waals surface area contributed by atoms with Crippen LogP contribution in [0.4, 0.5) is 0 Å². The van der Waals surface area contributed by atoms with Crippen LogP contribution in [0.3, 0.4) is 0 Å². The summed E-state index contributed by atoms with van der Waals surface area (Å²) in [6.45, 7) is 4.08. The lowest BCUT2D eigenvalue weighted by Gasteiger charge is -2.15. The van der Waals surface area contributed by atoms with Crippen molar-refractivity contribution < 1.29 is 24.2 Å². The molecule has 0 saturated carbocycles. The Bertz CT molecular complexity index is 1190. The van der Waals surface area contributed by atoms with Crippen molar-refractivity contribution in [1.82, 2.24) is 0 Å². The van der Waals surface area contributed by atoms with E-state index < -0.39 is 6.10 Å². The highest BCUT2D eigenvalue weighted by Gasteiger charge is 2.16. The minimum Gasteiger partial charge on any atom is -0.462 e. The summed E-state index contributed by atoms with van der Waals surface area (Å²) in [5.74, 6) is -0.570. The highest BCUT2D eigenvalue weighted by atomic mass is 16.6. The molecule has 0 rings (SSSR count). The molecule has 0 aromatic rings. The second-order valence-corrected chi connectivity index (χ2v) is 21.8. The Hall–Kier alpha value is -2.14. The summed E-state index contributed by atoms with van der Waals surface area (Å²) >= 11 is 0. The fraction of sp³-hybridized carbons (Fsp3) is 0.851. The number of hydrogen-bond donors (Lipinski definition) is 1. The molecule has 1 atom stereocenters.